The van der Waals surface area contributed by atoms with Crippen LogP contribution >= 0.6 is 0 Å². The Kier molecular flexibility index (Phi) is 12.1. The van der Waals surface area contributed by atoms with E-state index in [2.05, 4.69) is 300 Å². The van der Waals surface area contributed by atoms with Crippen molar-refractivity contribution in [2.75, 3.05) is 0 Å². The third kappa shape index (κ3) is 8.58. The van der Waals surface area contributed by atoms with E-state index in [1.165, 1.54) is 111 Å². The molecule has 0 spiro atoms. The standard InChI is InChI=1S/C75H58O/c1-75(2,3)55-32-21-31-54(46-55)73-68-41-20-16-35-61(68)60-34-15-18-39-66(60)72(52-28-11-6-12-29-52)67-40-19-17-36-62(67)65-45-44-57(48-70(65)73)76-56-33-22-30-53(47-56)69-49-71(64-38-14-13-37-63(64)69)74-58(50-24-7-4-8-25-50)42-23-43-59(74)51-26-9-5-10-27-51/h4-49,69,72-73H,1-3H3. The molecule has 0 bridgehead atoms. The first-order valence-corrected chi connectivity index (χ1v) is 26.8. The average molecular weight is 975 g/mol. The monoisotopic (exact) mass is 974 g/mol. The second kappa shape index (κ2) is 19.7. The van der Waals surface area contributed by atoms with E-state index in [9.17, 15) is 0 Å². The van der Waals surface area contributed by atoms with E-state index >= 15 is 0 Å². The summed E-state index contributed by atoms with van der Waals surface area (Å²) in [6, 6.07) is 101. The Morgan fingerprint density at radius 1 is 0.303 bits per heavy atom. The summed E-state index contributed by atoms with van der Waals surface area (Å²) in [5.41, 5.74) is 24.8. The topological polar surface area (TPSA) is 9.23 Å². The van der Waals surface area contributed by atoms with Crippen molar-refractivity contribution in [3.05, 3.63) is 340 Å². The number of allylic oxidation sites excluding steroid dienone is 1. The van der Waals surface area contributed by atoms with Crippen LogP contribution in [0.15, 0.2) is 279 Å². The van der Waals surface area contributed by atoms with Gasteiger partial charge < -0.3 is 4.74 Å². The lowest BCUT2D eigenvalue weighted by Crippen LogP contribution is -2.15. The minimum atomic E-state index is -0.129. The van der Waals surface area contributed by atoms with E-state index in [1.54, 1.807) is 0 Å². The fourth-order valence-corrected chi connectivity index (χ4v) is 12.3. The molecule has 13 rings (SSSR count). The van der Waals surface area contributed by atoms with E-state index in [0.717, 1.165) is 11.5 Å². The van der Waals surface area contributed by atoms with Crippen molar-refractivity contribution in [2.45, 2.75) is 43.9 Å². The van der Waals surface area contributed by atoms with Crippen LogP contribution in [0.2, 0.25) is 0 Å². The van der Waals surface area contributed by atoms with Gasteiger partial charge in [0.05, 0.1) is 0 Å². The smallest absolute Gasteiger partial charge is 0.127 e. The molecule has 1 heteroatoms. The predicted octanol–water partition coefficient (Wildman–Crippen LogP) is 19.7. The highest BCUT2D eigenvalue weighted by molar-refractivity contribution is 5.99. The molecule has 0 aromatic heterocycles. The Morgan fingerprint density at radius 3 is 1.33 bits per heavy atom. The van der Waals surface area contributed by atoms with Crippen LogP contribution in [0.3, 0.4) is 0 Å². The lowest BCUT2D eigenvalue weighted by Gasteiger charge is -2.31. The van der Waals surface area contributed by atoms with Gasteiger partial charge in [-0.05, 0) is 141 Å². The van der Waals surface area contributed by atoms with Crippen molar-refractivity contribution in [3.8, 4) is 56.0 Å². The summed E-state index contributed by atoms with van der Waals surface area (Å²) < 4.78 is 7.19. The van der Waals surface area contributed by atoms with Gasteiger partial charge in [0.2, 0.25) is 0 Å². The summed E-state index contributed by atoms with van der Waals surface area (Å²) in [4.78, 5) is 0. The van der Waals surface area contributed by atoms with Crippen molar-refractivity contribution in [1.82, 2.24) is 0 Å². The Morgan fingerprint density at radius 2 is 0.737 bits per heavy atom. The quantitative estimate of drug-likeness (QED) is 0.147. The van der Waals surface area contributed by atoms with Crippen LogP contribution in [0.25, 0.3) is 50.1 Å². The molecule has 3 atom stereocenters. The third-order valence-corrected chi connectivity index (χ3v) is 15.8. The first-order chi connectivity index (χ1) is 37.4. The molecule has 2 aliphatic rings. The second-order valence-electron chi connectivity index (χ2n) is 21.4. The van der Waals surface area contributed by atoms with Crippen molar-refractivity contribution in [1.29, 1.82) is 0 Å². The van der Waals surface area contributed by atoms with Gasteiger partial charge in [-0.2, -0.15) is 0 Å². The Bertz CT molecular complexity index is 3890. The van der Waals surface area contributed by atoms with Gasteiger partial charge in [0.1, 0.15) is 11.5 Å². The number of hydrogen-bond acceptors (Lipinski definition) is 1. The molecule has 0 saturated heterocycles. The van der Waals surface area contributed by atoms with Crippen LogP contribution in [-0.2, 0) is 5.41 Å². The molecular formula is C75H58O. The molecule has 1 nitrogen and oxygen atoms in total. The van der Waals surface area contributed by atoms with Gasteiger partial charge in [0.25, 0.3) is 0 Å². The average Bonchev–Trinajstić information content (AvgIpc) is 3.86. The van der Waals surface area contributed by atoms with Gasteiger partial charge >= 0.3 is 0 Å². The van der Waals surface area contributed by atoms with Gasteiger partial charge in [-0.3, -0.25) is 0 Å². The molecule has 11 aromatic carbocycles. The number of rotatable bonds is 8. The third-order valence-electron chi connectivity index (χ3n) is 15.8. The van der Waals surface area contributed by atoms with Gasteiger partial charge in [0.15, 0.2) is 0 Å². The molecule has 0 aliphatic heterocycles. The summed E-state index contributed by atoms with van der Waals surface area (Å²) in [5.74, 6) is 1.47. The molecular weight excluding hydrogens is 917 g/mol. The van der Waals surface area contributed by atoms with Gasteiger partial charge in [0, 0.05) is 17.8 Å². The van der Waals surface area contributed by atoms with E-state index in [0.29, 0.717) is 0 Å². The largest absolute Gasteiger partial charge is 0.457 e. The summed E-state index contributed by atoms with van der Waals surface area (Å²) in [7, 11) is 0. The molecule has 0 amide bonds. The van der Waals surface area contributed by atoms with Crippen molar-refractivity contribution in [2.24, 2.45) is 0 Å². The van der Waals surface area contributed by atoms with Crippen LogP contribution in [0.1, 0.15) is 99.7 Å². The molecule has 2 aliphatic carbocycles. The zero-order valence-corrected chi connectivity index (χ0v) is 43.2. The number of benzene rings is 11. The van der Waals surface area contributed by atoms with Crippen LogP contribution in [0, 0.1) is 0 Å². The summed E-state index contributed by atoms with van der Waals surface area (Å²) in [5, 5.41) is 0. The zero-order chi connectivity index (χ0) is 51.2. The second-order valence-corrected chi connectivity index (χ2v) is 21.4. The number of hydrogen-bond donors (Lipinski definition) is 0. The summed E-state index contributed by atoms with van der Waals surface area (Å²) in [6.07, 6.45) is 2.49. The Labute approximate surface area is 448 Å². The maximum atomic E-state index is 7.19. The number of fused-ring (bicyclic) bond motifs is 7. The van der Waals surface area contributed by atoms with E-state index in [4.69, 9.17) is 4.74 Å². The normalized spacial score (nSPS) is 15.5. The summed E-state index contributed by atoms with van der Waals surface area (Å²) in [6.45, 7) is 6.93. The highest BCUT2D eigenvalue weighted by Crippen LogP contribution is 2.52. The lowest BCUT2D eigenvalue weighted by molar-refractivity contribution is 0.481. The molecule has 11 aromatic rings. The maximum Gasteiger partial charge on any atom is 0.127 e. The van der Waals surface area contributed by atoms with Crippen LogP contribution < -0.4 is 4.74 Å². The van der Waals surface area contributed by atoms with Crippen molar-refractivity contribution in [3.63, 3.8) is 0 Å². The lowest BCUT2D eigenvalue weighted by atomic mass is 9.72. The van der Waals surface area contributed by atoms with Crippen LogP contribution in [0.5, 0.6) is 11.5 Å². The molecule has 3 unspecified atom stereocenters. The molecule has 0 saturated carbocycles. The fourth-order valence-electron chi connectivity index (χ4n) is 12.3. The first-order valence-electron chi connectivity index (χ1n) is 26.8. The summed E-state index contributed by atoms with van der Waals surface area (Å²) >= 11 is 0. The predicted molar refractivity (Wildman–Crippen MR) is 316 cm³/mol. The zero-order valence-electron chi connectivity index (χ0n) is 43.2. The molecule has 76 heavy (non-hydrogen) atoms. The number of ether oxygens (including phenoxy) is 1. The van der Waals surface area contributed by atoms with E-state index in [-0.39, 0.29) is 23.2 Å². The molecule has 364 valence electrons. The molecule has 0 radical (unpaired) electrons. The van der Waals surface area contributed by atoms with Crippen molar-refractivity contribution < 1.29 is 4.74 Å². The Hall–Kier alpha value is -9.04. The molecule has 0 heterocycles. The minimum Gasteiger partial charge on any atom is -0.457 e. The molecule has 0 fully saturated rings. The van der Waals surface area contributed by atoms with Crippen LogP contribution in [0.4, 0.5) is 0 Å². The molecule has 0 N–H and O–H groups in total. The SMILES string of the molecule is CC(C)(C)c1cccc(C2c3ccccc3-c3ccccc3C(c3ccccc3)c3ccccc3-c3ccc(Oc4cccc(C5C=C(c6c(-c7ccccc7)cccc6-c6ccccc6)c6ccccc65)c4)cc32)c1. The van der Waals surface area contributed by atoms with Gasteiger partial charge in [-0.25, -0.2) is 0 Å². The highest BCUT2D eigenvalue weighted by Gasteiger charge is 2.33. The first kappa shape index (κ1) is 46.7. The fraction of sp³-hybridized carbons (Fsp3) is 0.0933. The van der Waals surface area contributed by atoms with E-state index < -0.39 is 0 Å². The van der Waals surface area contributed by atoms with E-state index in [1.807, 2.05) is 0 Å². The van der Waals surface area contributed by atoms with Crippen LogP contribution in [-0.4, -0.2) is 0 Å². The van der Waals surface area contributed by atoms with Crippen molar-refractivity contribution >= 4 is 5.57 Å². The highest BCUT2D eigenvalue weighted by atomic mass is 16.5. The maximum absolute atomic E-state index is 7.19. The Balaban J connectivity index is 0.973. The minimum absolute atomic E-state index is 0.0126. The van der Waals surface area contributed by atoms with Gasteiger partial charge in [-0.1, -0.05) is 276 Å². The van der Waals surface area contributed by atoms with Gasteiger partial charge in [-0.15, -0.1) is 0 Å².